The quantitative estimate of drug-likeness (QED) is 0.622. The highest BCUT2D eigenvalue weighted by Gasteiger charge is 2.39. The van der Waals surface area contributed by atoms with Crippen LogP contribution in [0.15, 0.2) is 51.6 Å². The Morgan fingerprint density at radius 2 is 2.12 bits per heavy atom. The van der Waals surface area contributed by atoms with Gasteiger partial charge in [0.2, 0.25) is 0 Å². The van der Waals surface area contributed by atoms with Crippen LogP contribution < -0.4 is 0 Å². The molecule has 0 N–H and O–H groups in total. The average molecular weight is 225 g/mol. The second-order valence-corrected chi connectivity index (χ2v) is 5.22. The van der Waals surface area contributed by atoms with Gasteiger partial charge in [0.25, 0.3) is 5.91 Å². The topological polar surface area (TPSA) is 29.4 Å². The van der Waals surface area contributed by atoms with E-state index in [9.17, 15) is 4.79 Å². The van der Waals surface area contributed by atoms with Gasteiger partial charge in [-0.3, -0.25) is 4.79 Å². The molecule has 0 saturated heterocycles. The van der Waals surface area contributed by atoms with Crippen LogP contribution in [-0.4, -0.2) is 11.6 Å². The predicted octanol–water partition coefficient (Wildman–Crippen LogP) is 3.14. The number of carbonyl (C=O) groups is 1. The van der Waals surface area contributed by atoms with Gasteiger partial charge in [-0.2, -0.15) is 0 Å². The van der Waals surface area contributed by atoms with Crippen molar-refractivity contribution in [1.82, 2.24) is 0 Å². The van der Waals surface area contributed by atoms with Gasteiger partial charge in [0.15, 0.2) is 0 Å². The molecule has 1 unspecified atom stereocenters. The summed E-state index contributed by atoms with van der Waals surface area (Å²) in [4.78, 5) is 15.7. The third-order valence-electron chi connectivity index (χ3n) is 4.26. The van der Waals surface area contributed by atoms with Gasteiger partial charge in [-0.05, 0) is 37.5 Å². The smallest absolute Gasteiger partial charge is 0.267 e. The zero-order chi connectivity index (χ0) is 12.2. The second kappa shape index (κ2) is 3.16. The highest BCUT2D eigenvalue weighted by molar-refractivity contribution is 6.24. The lowest BCUT2D eigenvalue weighted by Crippen LogP contribution is -2.28. The number of fused-ring (bicyclic) bond motifs is 2. The van der Waals surface area contributed by atoms with Crippen molar-refractivity contribution in [3.63, 3.8) is 0 Å². The van der Waals surface area contributed by atoms with Crippen molar-refractivity contribution in [2.75, 3.05) is 0 Å². The first-order chi connectivity index (χ1) is 8.02. The van der Waals surface area contributed by atoms with Crippen molar-refractivity contribution in [2.45, 2.75) is 27.2 Å². The second-order valence-electron chi connectivity index (χ2n) is 5.22. The molecule has 3 rings (SSSR count). The molecule has 2 nitrogen and oxygen atoms in total. The van der Waals surface area contributed by atoms with Crippen LogP contribution in [0, 0.1) is 5.41 Å². The predicted molar refractivity (Wildman–Crippen MR) is 68.8 cm³/mol. The van der Waals surface area contributed by atoms with Crippen LogP contribution in [0.1, 0.15) is 27.2 Å². The third-order valence-corrected chi connectivity index (χ3v) is 4.26. The molecular weight excluding hydrogens is 210 g/mol. The summed E-state index contributed by atoms with van der Waals surface area (Å²) in [6.45, 7) is 6.29. The van der Waals surface area contributed by atoms with E-state index in [1.54, 1.807) is 0 Å². The van der Waals surface area contributed by atoms with E-state index in [1.165, 1.54) is 11.1 Å². The molecule has 0 spiro atoms. The molecule has 1 heterocycles. The first-order valence-electron chi connectivity index (χ1n) is 5.93. The third kappa shape index (κ3) is 1.27. The maximum atomic E-state index is 11.6. The minimum atomic E-state index is -0.0697. The summed E-state index contributed by atoms with van der Waals surface area (Å²) >= 11 is 0. The molecule has 0 bridgehead atoms. The van der Waals surface area contributed by atoms with Crippen molar-refractivity contribution in [2.24, 2.45) is 10.4 Å². The zero-order valence-corrected chi connectivity index (χ0v) is 10.4. The standard InChI is InChI=1S/C15H15NO/c1-9-5-4-6-11-7-13-12(8-15(9,11)3)10(2)14(17)16-13/h4-7H,8H2,1-3H3. The first kappa shape index (κ1) is 10.5. The minimum Gasteiger partial charge on any atom is -0.267 e. The monoisotopic (exact) mass is 225 g/mol. The van der Waals surface area contributed by atoms with Crippen LogP contribution in [0.2, 0.25) is 0 Å². The summed E-state index contributed by atoms with van der Waals surface area (Å²) in [5.74, 6) is -0.0697. The number of carbonyl (C=O) groups excluding carboxylic acids is 1. The van der Waals surface area contributed by atoms with Crippen molar-refractivity contribution in [1.29, 1.82) is 0 Å². The van der Waals surface area contributed by atoms with E-state index >= 15 is 0 Å². The van der Waals surface area contributed by atoms with E-state index in [1.807, 2.05) is 6.92 Å². The summed E-state index contributed by atoms with van der Waals surface area (Å²) in [6.07, 6.45) is 9.32. The number of nitrogens with zero attached hydrogens (tertiary/aromatic N) is 1. The van der Waals surface area contributed by atoms with Crippen molar-refractivity contribution < 1.29 is 4.79 Å². The minimum absolute atomic E-state index is 0.0367. The number of hydrogen-bond acceptors (Lipinski definition) is 1. The maximum Gasteiger partial charge on any atom is 0.273 e. The molecule has 2 heteroatoms. The molecule has 2 aliphatic carbocycles. The number of aliphatic imine (C=N–C) groups is 1. The average Bonchev–Trinajstić information content (AvgIpc) is 2.55. The Morgan fingerprint density at radius 1 is 1.35 bits per heavy atom. The Balaban J connectivity index is 2.21. The molecule has 1 aliphatic heterocycles. The molecule has 17 heavy (non-hydrogen) atoms. The first-order valence-corrected chi connectivity index (χ1v) is 5.93. The zero-order valence-electron chi connectivity index (χ0n) is 10.4. The fraction of sp³-hybridized carbons (Fsp3) is 0.333. The maximum absolute atomic E-state index is 11.6. The van der Waals surface area contributed by atoms with Crippen LogP contribution in [0.25, 0.3) is 0 Å². The van der Waals surface area contributed by atoms with Crippen LogP contribution >= 0.6 is 0 Å². The van der Waals surface area contributed by atoms with E-state index < -0.39 is 0 Å². The van der Waals surface area contributed by atoms with Crippen LogP contribution in [0.5, 0.6) is 0 Å². The molecule has 1 amide bonds. The van der Waals surface area contributed by atoms with Crippen LogP contribution in [0.4, 0.5) is 0 Å². The number of allylic oxidation sites excluding steroid dienone is 7. The molecule has 0 aromatic rings. The normalized spacial score (nSPS) is 30.8. The molecular formula is C15H15NO. The molecule has 86 valence electrons. The Bertz CT molecular complexity index is 584. The largest absolute Gasteiger partial charge is 0.273 e. The molecule has 0 radical (unpaired) electrons. The fourth-order valence-corrected chi connectivity index (χ4v) is 2.77. The van der Waals surface area contributed by atoms with Crippen molar-refractivity contribution >= 4 is 11.6 Å². The molecule has 0 aromatic carbocycles. The molecule has 0 fully saturated rings. The molecule has 0 saturated carbocycles. The van der Waals surface area contributed by atoms with E-state index in [0.717, 1.165) is 23.3 Å². The number of amides is 1. The number of rotatable bonds is 0. The Morgan fingerprint density at radius 3 is 2.88 bits per heavy atom. The van der Waals surface area contributed by atoms with Crippen LogP contribution in [0.3, 0.4) is 0 Å². The SMILES string of the molecule is CC1=CC=CC2=CC3=NC(=O)C(C)=C3CC12C. The van der Waals surface area contributed by atoms with Crippen molar-refractivity contribution in [3.8, 4) is 0 Å². The Kier molecular flexibility index (Phi) is 1.94. The van der Waals surface area contributed by atoms with Gasteiger partial charge >= 0.3 is 0 Å². The molecule has 0 aromatic heterocycles. The van der Waals surface area contributed by atoms with Gasteiger partial charge in [0.05, 0.1) is 5.71 Å². The van der Waals surface area contributed by atoms with E-state index in [2.05, 4.69) is 43.1 Å². The summed E-state index contributed by atoms with van der Waals surface area (Å²) in [5.41, 5.74) is 5.48. The molecule has 1 atom stereocenters. The van der Waals surface area contributed by atoms with Crippen LogP contribution in [-0.2, 0) is 4.79 Å². The highest BCUT2D eigenvalue weighted by atomic mass is 16.1. The highest BCUT2D eigenvalue weighted by Crippen LogP contribution is 2.48. The number of hydrogen-bond donors (Lipinski definition) is 0. The van der Waals surface area contributed by atoms with Gasteiger partial charge in [0.1, 0.15) is 0 Å². The van der Waals surface area contributed by atoms with Gasteiger partial charge in [-0.25, -0.2) is 4.99 Å². The van der Waals surface area contributed by atoms with Gasteiger partial charge < -0.3 is 0 Å². The summed E-state index contributed by atoms with van der Waals surface area (Å²) in [6, 6.07) is 0. The summed E-state index contributed by atoms with van der Waals surface area (Å²) in [5, 5.41) is 0. The van der Waals surface area contributed by atoms with E-state index in [4.69, 9.17) is 0 Å². The lowest BCUT2D eigenvalue weighted by molar-refractivity contribution is -0.114. The van der Waals surface area contributed by atoms with Crippen molar-refractivity contribution in [3.05, 3.63) is 46.6 Å². The summed E-state index contributed by atoms with van der Waals surface area (Å²) in [7, 11) is 0. The van der Waals surface area contributed by atoms with E-state index in [-0.39, 0.29) is 11.3 Å². The lowest BCUT2D eigenvalue weighted by atomic mass is 9.65. The fourth-order valence-electron chi connectivity index (χ4n) is 2.77. The molecule has 3 aliphatic rings. The Labute approximate surface area is 101 Å². The van der Waals surface area contributed by atoms with Gasteiger partial charge in [0, 0.05) is 11.0 Å². The Hall–Kier alpha value is -1.70. The van der Waals surface area contributed by atoms with E-state index in [0.29, 0.717) is 0 Å². The van der Waals surface area contributed by atoms with Gasteiger partial charge in [-0.1, -0.05) is 30.7 Å². The van der Waals surface area contributed by atoms with Gasteiger partial charge in [-0.15, -0.1) is 0 Å². The lowest BCUT2D eigenvalue weighted by Gasteiger charge is -2.38. The summed E-state index contributed by atoms with van der Waals surface area (Å²) < 4.78 is 0.